The van der Waals surface area contributed by atoms with E-state index in [2.05, 4.69) is 30.4 Å². The third-order valence-electron chi connectivity index (χ3n) is 4.31. The van der Waals surface area contributed by atoms with Gasteiger partial charge in [0.2, 0.25) is 5.95 Å². The summed E-state index contributed by atoms with van der Waals surface area (Å²) in [5, 5.41) is 8.26. The third-order valence-corrected chi connectivity index (χ3v) is 4.31. The van der Waals surface area contributed by atoms with Crippen molar-refractivity contribution in [3.8, 4) is 11.4 Å². The second kappa shape index (κ2) is 6.71. The lowest BCUT2D eigenvalue weighted by Gasteiger charge is -2.07. The molecule has 0 aliphatic carbocycles. The van der Waals surface area contributed by atoms with E-state index in [-0.39, 0.29) is 17.5 Å². The zero-order valence-corrected chi connectivity index (χ0v) is 14.8. The van der Waals surface area contributed by atoms with Crippen molar-refractivity contribution in [3.63, 3.8) is 0 Å². The Labute approximate surface area is 162 Å². The topological polar surface area (TPSA) is 98.0 Å². The first-order valence-electron chi connectivity index (χ1n) is 8.68. The molecule has 140 valence electrons. The normalized spacial score (nSPS) is 11.1. The van der Waals surface area contributed by atoms with Crippen LogP contribution in [-0.4, -0.2) is 29.5 Å². The molecule has 5 rings (SSSR count). The molecule has 3 heterocycles. The van der Waals surface area contributed by atoms with Gasteiger partial charge in [0, 0.05) is 23.3 Å². The molecule has 1 N–H and O–H groups in total. The van der Waals surface area contributed by atoms with E-state index >= 15 is 0 Å². The minimum Gasteiger partial charge on any atom is -0.318 e. The van der Waals surface area contributed by atoms with Crippen molar-refractivity contribution >= 4 is 28.2 Å². The predicted octanol–water partition coefficient (Wildman–Crippen LogP) is 2.98. The smallest absolute Gasteiger partial charge is 0.295 e. The second-order valence-corrected chi connectivity index (χ2v) is 6.18. The lowest BCUT2D eigenvalue weighted by atomic mass is 10.2. The number of fused-ring (bicyclic) bond motifs is 3. The monoisotopic (exact) mass is 385 g/mol. The molecule has 0 aliphatic rings. The highest BCUT2D eigenvalue weighted by Gasteiger charge is 2.15. The van der Waals surface area contributed by atoms with Crippen molar-refractivity contribution in [1.82, 2.24) is 29.5 Å². The van der Waals surface area contributed by atoms with Gasteiger partial charge in [-0.3, -0.25) is 9.78 Å². The van der Waals surface area contributed by atoms with Crippen LogP contribution >= 0.6 is 0 Å². The Balaban J connectivity index is 1.75. The molecule has 0 radical (unpaired) electrons. The SMILES string of the molecule is O=c1nccncc1Nc1nc2ccccc2c2nc(-c3ccc(F)cc3)nn12. The van der Waals surface area contributed by atoms with Gasteiger partial charge >= 0.3 is 0 Å². The molecule has 0 fully saturated rings. The molecule has 0 amide bonds. The molecule has 29 heavy (non-hydrogen) atoms. The predicted molar refractivity (Wildman–Crippen MR) is 105 cm³/mol. The summed E-state index contributed by atoms with van der Waals surface area (Å²) in [6.07, 6.45) is 4.10. The molecule has 0 spiro atoms. The van der Waals surface area contributed by atoms with Gasteiger partial charge in [-0.2, -0.15) is 4.52 Å². The van der Waals surface area contributed by atoms with Crippen molar-refractivity contribution in [3.05, 3.63) is 83.3 Å². The first-order valence-corrected chi connectivity index (χ1v) is 8.68. The Morgan fingerprint density at radius 1 is 0.966 bits per heavy atom. The fourth-order valence-corrected chi connectivity index (χ4v) is 2.95. The van der Waals surface area contributed by atoms with Crippen molar-refractivity contribution in [2.45, 2.75) is 0 Å². The molecule has 8 nitrogen and oxygen atoms in total. The Morgan fingerprint density at radius 2 is 1.79 bits per heavy atom. The molecular weight excluding hydrogens is 373 g/mol. The number of benzene rings is 2. The zero-order valence-electron chi connectivity index (χ0n) is 14.8. The largest absolute Gasteiger partial charge is 0.318 e. The van der Waals surface area contributed by atoms with Crippen LogP contribution in [0.15, 0.2) is 71.9 Å². The highest BCUT2D eigenvalue weighted by atomic mass is 19.1. The molecule has 0 saturated heterocycles. The van der Waals surface area contributed by atoms with Crippen LogP contribution in [0.5, 0.6) is 0 Å². The summed E-state index contributed by atoms with van der Waals surface area (Å²) in [4.78, 5) is 29.1. The summed E-state index contributed by atoms with van der Waals surface area (Å²) < 4.78 is 14.8. The fraction of sp³-hybridized carbons (Fsp3) is 0. The number of aromatic nitrogens is 6. The minimum atomic E-state index is -0.482. The summed E-state index contributed by atoms with van der Waals surface area (Å²) in [5.74, 6) is 0.349. The maximum Gasteiger partial charge on any atom is 0.295 e. The van der Waals surface area contributed by atoms with Gasteiger partial charge in [-0.05, 0) is 36.4 Å². The summed E-state index contributed by atoms with van der Waals surface area (Å²) in [5.41, 5.74) is 1.55. The lowest BCUT2D eigenvalue weighted by Crippen LogP contribution is -2.11. The Hall–Kier alpha value is -4.27. The van der Waals surface area contributed by atoms with E-state index in [9.17, 15) is 9.18 Å². The van der Waals surface area contributed by atoms with E-state index in [1.54, 1.807) is 12.1 Å². The minimum absolute atomic E-state index is 0.151. The molecule has 0 unspecified atom stereocenters. The quantitative estimate of drug-likeness (QED) is 0.510. The summed E-state index contributed by atoms with van der Waals surface area (Å²) in [6.45, 7) is 0. The van der Waals surface area contributed by atoms with Gasteiger partial charge in [-0.1, -0.05) is 12.1 Å². The molecule has 3 aromatic heterocycles. The Bertz CT molecular complexity index is 1420. The molecule has 9 heteroatoms. The Kier molecular flexibility index (Phi) is 3.91. The van der Waals surface area contributed by atoms with Crippen LogP contribution in [0.3, 0.4) is 0 Å². The van der Waals surface area contributed by atoms with E-state index in [1.165, 1.54) is 35.2 Å². The van der Waals surface area contributed by atoms with Crippen molar-refractivity contribution in [1.29, 1.82) is 0 Å². The molecule has 0 atom stereocenters. The zero-order chi connectivity index (χ0) is 19.8. The first-order chi connectivity index (χ1) is 14.2. The third kappa shape index (κ3) is 3.04. The van der Waals surface area contributed by atoms with Crippen LogP contribution in [0.4, 0.5) is 16.0 Å². The average Bonchev–Trinajstić information content (AvgIpc) is 3.09. The number of para-hydroxylation sites is 1. The number of hydrogen-bond donors (Lipinski definition) is 1. The molecule has 0 saturated carbocycles. The van der Waals surface area contributed by atoms with E-state index in [1.807, 2.05) is 24.3 Å². The van der Waals surface area contributed by atoms with Gasteiger partial charge in [0.15, 0.2) is 11.5 Å². The highest BCUT2D eigenvalue weighted by Crippen LogP contribution is 2.25. The summed E-state index contributed by atoms with van der Waals surface area (Å²) in [7, 11) is 0. The van der Waals surface area contributed by atoms with Crippen molar-refractivity contribution < 1.29 is 4.39 Å². The van der Waals surface area contributed by atoms with Gasteiger partial charge < -0.3 is 5.32 Å². The average molecular weight is 385 g/mol. The van der Waals surface area contributed by atoms with Gasteiger partial charge in [-0.25, -0.2) is 19.3 Å². The number of nitrogens with one attached hydrogen (secondary N) is 1. The number of hydrogen-bond acceptors (Lipinski definition) is 7. The van der Waals surface area contributed by atoms with E-state index in [4.69, 9.17) is 0 Å². The maximum atomic E-state index is 13.3. The van der Waals surface area contributed by atoms with Gasteiger partial charge in [0.05, 0.1) is 11.7 Å². The summed E-state index contributed by atoms with van der Waals surface area (Å²) >= 11 is 0. The second-order valence-electron chi connectivity index (χ2n) is 6.18. The molecule has 0 bridgehead atoms. The molecular formula is C20H12FN7O. The van der Waals surface area contributed by atoms with Gasteiger partial charge in [0.25, 0.3) is 5.56 Å². The fourth-order valence-electron chi connectivity index (χ4n) is 2.95. The van der Waals surface area contributed by atoms with E-state index in [0.717, 1.165) is 5.39 Å². The van der Waals surface area contributed by atoms with E-state index in [0.29, 0.717) is 22.6 Å². The van der Waals surface area contributed by atoms with Crippen LogP contribution in [-0.2, 0) is 0 Å². The number of anilines is 2. The van der Waals surface area contributed by atoms with Crippen LogP contribution in [0.1, 0.15) is 0 Å². The number of nitrogens with zero attached hydrogens (tertiary/aromatic N) is 6. The van der Waals surface area contributed by atoms with Crippen molar-refractivity contribution in [2.75, 3.05) is 5.32 Å². The maximum absolute atomic E-state index is 13.3. The van der Waals surface area contributed by atoms with Gasteiger partial charge in [0.1, 0.15) is 11.5 Å². The van der Waals surface area contributed by atoms with E-state index < -0.39 is 5.56 Å². The van der Waals surface area contributed by atoms with Crippen LogP contribution < -0.4 is 10.9 Å². The highest BCUT2D eigenvalue weighted by molar-refractivity contribution is 5.93. The number of halogens is 1. The van der Waals surface area contributed by atoms with Crippen LogP contribution in [0.2, 0.25) is 0 Å². The van der Waals surface area contributed by atoms with Crippen LogP contribution in [0.25, 0.3) is 27.9 Å². The first kappa shape index (κ1) is 16.9. The molecule has 0 aliphatic heterocycles. The standard InChI is InChI=1S/C20H12FN7O/c21-13-7-5-12(6-8-13)17-26-18-14-3-1-2-4-15(14)24-20(28(18)27-17)25-16-11-22-9-10-23-19(16)29/h1-11H,(H,23,24,25,29). The lowest BCUT2D eigenvalue weighted by molar-refractivity contribution is 0.628. The molecule has 5 aromatic rings. The van der Waals surface area contributed by atoms with Crippen molar-refractivity contribution in [2.24, 2.45) is 0 Å². The van der Waals surface area contributed by atoms with Crippen LogP contribution in [0, 0.1) is 5.82 Å². The van der Waals surface area contributed by atoms with Gasteiger partial charge in [-0.15, -0.1) is 5.10 Å². The molecule has 2 aromatic carbocycles. The summed E-state index contributed by atoms with van der Waals surface area (Å²) in [6, 6.07) is 13.4. The number of rotatable bonds is 3. The Morgan fingerprint density at radius 3 is 2.66 bits per heavy atom.